The van der Waals surface area contributed by atoms with Crippen molar-refractivity contribution in [1.29, 1.82) is 0 Å². The minimum atomic E-state index is -0.423. The lowest BCUT2D eigenvalue weighted by molar-refractivity contribution is 0.0151. The van der Waals surface area contributed by atoms with E-state index in [0.29, 0.717) is 12.6 Å². The number of carbonyl (C=O) groups is 1. The smallest absolute Gasteiger partial charge is 0.315 e. The van der Waals surface area contributed by atoms with Gasteiger partial charge in [-0.15, -0.1) is 0 Å². The Balaban J connectivity index is 1.78. The van der Waals surface area contributed by atoms with Crippen LogP contribution >= 0.6 is 0 Å². The van der Waals surface area contributed by atoms with Gasteiger partial charge in [-0.05, 0) is 31.7 Å². The molecule has 3 atom stereocenters. The Morgan fingerprint density at radius 2 is 2.00 bits per heavy atom. The molecule has 2 aliphatic heterocycles. The summed E-state index contributed by atoms with van der Waals surface area (Å²) in [5, 5.41) is 16.3. The number of fused-ring (bicyclic) bond motifs is 1. The van der Waals surface area contributed by atoms with Gasteiger partial charge in [-0.3, -0.25) is 4.90 Å². The average molecular weight is 311 g/mol. The van der Waals surface area contributed by atoms with Gasteiger partial charge in [-0.25, -0.2) is 4.79 Å². The second-order valence-corrected chi connectivity index (χ2v) is 8.00. The molecule has 0 aromatic rings. The molecule has 2 fully saturated rings. The van der Waals surface area contributed by atoms with Gasteiger partial charge in [0.15, 0.2) is 0 Å². The number of nitrogens with zero attached hydrogens (tertiary/aromatic N) is 1. The molecule has 5 heteroatoms. The molecule has 2 rings (SSSR count). The van der Waals surface area contributed by atoms with E-state index < -0.39 is 6.10 Å². The summed E-state index contributed by atoms with van der Waals surface area (Å²) in [6.45, 7) is 10.8. The molecular weight excluding hydrogens is 278 g/mol. The van der Waals surface area contributed by atoms with Crippen LogP contribution in [0.3, 0.4) is 0 Å². The molecule has 2 amide bonds. The van der Waals surface area contributed by atoms with E-state index in [1.54, 1.807) is 0 Å². The highest BCUT2D eigenvalue weighted by Gasteiger charge is 2.36. The summed E-state index contributed by atoms with van der Waals surface area (Å²) in [6, 6.07) is 0.702. The van der Waals surface area contributed by atoms with Crippen LogP contribution in [0, 0.1) is 11.3 Å². The molecular formula is C17H33N3O2. The van der Waals surface area contributed by atoms with Crippen molar-refractivity contribution >= 4 is 6.03 Å². The fourth-order valence-corrected chi connectivity index (χ4v) is 3.95. The van der Waals surface area contributed by atoms with Gasteiger partial charge in [0.25, 0.3) is 0 Å². The molecule has 0 aromatic heterocycles. The number of aliphatic hydroxyl groups is 1. The maximum absolute atomic E-state index is 12.2. The number of piperidine rings is 1. The molecule has 0 aromatic carbocycles. The zero-order chi connectivity index (χ0) is 16.3. The van der Waals surface area contributed by atoms with E-state index in [0.717, 1.165) is 13.0 Å². The third kappa shape index (κ3) is 4.13. The van der Waals surface area contributed by atoms with Crippen LogP contribution in [0.15, 0.2) is 0 Å². The SMILES string of the molecule is CC(C)[C@H](O)C(C)(C)CNC(=O)N[C@@H]1CCN2CCCC[C@H]12. The summed E-state index contributed by atoms with van der Waals surface area (Å²) in [5.74, 6) is 0.186. The topological polar surface area (TPSA) is 64.6 Å². The number of amides is 2. The monoisotopic (exact) mass is 311 g/mol. The van der Waals surface area contributed by atoms with Gasteiger partial charge >= 0.3 is 6.03 Å². The highest BCUT2D eigenvalue weighted by atomic mass is 16.3. The number of urea groups is 1. The Labute approximate surface area is 134 Å². The average Bonchev–Trinajstić information content (AvgIpc) is 2.88. The third-order valence-electron chi connectivity index (χ3n) is 5.31. The highest BCUT2D eigenvalue weighted by Crippen LogP contribution is 2.27. The van der Waals surface area contributed by atoms with Crippen LogP contribution in [0.5, 0.6) is 0 Å². The Morgan fingerprint density at radius 3 is 2.68 bits per heavy atom. The highest BCUT2D eigenvalue weighted by molar-refractivity contribution is 5.74. The number of hydrogen-bond acceptors (Lipinski definition) is 3. The maximum atomic E-state index is 12.2. The number of carbonyl (C=O) groups excluding carboxylic acids is 1. The van der Waals surface area contributed by atoms with Gasteiger partial charge in [0.2, 0.25) is 0 Å². The van der Waals surface area contributed by atoms with Crippen molar-refractivity contribution in [2.45, 2.75) is 71.6 Å². The van der Waals surface area contributed by atoms with Crippen LogP contribution in [-0.4, -0.2) is 53.9 Å². The fourth-order valence-electron chi connectivity index (χ4n) is 3.95. The van der Waals surface area contributed by atoms with Crippen LogP contribution in [0.2, 0.25) is 0 Å². The Bertz CT molecular complexity index is 384. The van der Waals surface area contributed by atoms with Gasteiger partial charge in [-0.2, -0.15) is 0 Å². The van der Waals surface area contributed by atoms with Crippen LogP contribution in [0.25, 0.3) is 0 Å². The first-order valence-corrected chi connectivity index (χ1v) is 8.78. The van der Waals surface area contributed by atoms with Crippen LogP contribution < -0.4 is 10.6 Å². The van der Waals surface area contributed by atoms with E-state index in [9.17, 15) is 9.90 Å². The quantitative estimate of drug-likeness (QED) is 0.727. The van der Waals surface area contributed by atoms with Crippen LogP contribution in [0.1, 0.15) is 53.4 Å². The van der Waals surface area contributed by atoms with Crippen molar-refractivity contribution < 1.29 is 9.90 Å². The summed E-state index contributed by atoms with van der Waals surface area (Å²) >= 11 is 0. The Morgan fingerprint density at radius 1 is 1.27 bits per heavy atom. The van der Waals surface area contributed by atoms with Crippen molar-refractivity contribution in [2.24, 2.45) is 11.3 Å². The Kier molecular flexibility index (Phi) is 5.72. The largest absolute Gasteiger partial charge is 0.392 e. The van der Waals surface area contributed by atoms with Crippen molar-refractivity contribution in [2.75, 3.05) is 19.6 Å². The summed E-state index contributed by atoms with van der Waals surface area (Å²) in [6.07, 6.45) is 4.39. The molecule has 22 heavy (non-hydrogen) atoms. The van der Waals surface area contributed by atoms with E-state index in [4.69, 9.17) is 0 Å². The lowest BCUT2D eigenvalue weighted by atomic mass is 9.81. The van der Waals surface area contributed by atoms with Gasteiger partial charge in [-0.1, -0.05) is 34.1 Å². The van der Waals surface area contributed by atoms with Crippen molar-refractivity contribution in [1.82, 2.24) is 15.5 Å². The number of rotatable bonds is 5. The van der Waals surface area contributed by atoms with Crippen molar-refractivity contribution in [3.63, 3.8) is 0 Å². The molecule has 0 spiro atoms. The van der Waals surface area contributed by atoms with Crippen LogP contribution in [-0.2, 0) is 0 Å². The predicted octanol–water partition coefficient (Wildman–Crippen LogP) is 1.96. The van der Waals surface area contributed by atoms with E-state index >= 15 is 0 Å². The van der Waals surface area contributed by atoms with E-state index in [1.165, 1.54) is 25.8 Å². The molecule has 2 heterocycles. The summed E-state index contributed by atoms with van der Waals surface area (Å²) in [7, 11) is 0. The normalized spacial score (nSPS) is 27.5. The molecule has 3 N–H and O–H groups in total. The number of hydrogen-bond donors (Lipinski definition) is 3. The molecule has 0 unspecified atom stereocenters. The molecule has 0 aliphatic carbocycles. The number of aliphatic hydroxyl groups excluding tert-OH is 1. The van der Waals surface area contributed by atoms with Crippen molar-refractivity contribution in [3.05, 3.63) is 0 Å². The molecule has 0 saturated carbocycles. The lowest BCUT2D eigenvalue weighted by Crippen LogP contribution is -2.52. The third-order valence-corrected chi connectivity index (χ3v) is 5.31. The van der Waals surface area contributed by atoms with Gasteiger partial charge in [0.05, 0.1) is 6.10 Å². The molecule has 0 bridgehead atoms. The minimum absolute atomic E-state index is 0.0959. The second-order valence-electron chi connectivity index (χ2n) is 8.00. The zero-order valence-electron chi connectivity index (χ0n) is 14.6. The lowest BCUT2D eigenvalue weighted by Gasteiger charge is -2.34. The first-order chi connectivity index (χ1) is 10.3. The Hall–Kier alpha value is -0.810. The predicted molar refractivity (Wildman–Crippen MR) is 88.8 cm³/mol. The van der Waals surface area contributed by atoms with E-state index in [2.05, 4.69) is 15.5 Å². The molecule has 0 radical (unpaired) electrons. The summed E-state index contributed by atoms with van der Waals surface area (Å²) in [4.78, 5) is 14.7. The van der Waals surface area contributed by atoms with E-state index in [-0.39, 0.29) is 23.4 Å². The standard InChI is InChI=1S/C17H33N3O2/c1-12(2)15(21)17(3,4)11-18-16(22)19-13-8-10-20-9-6-5-7-14(13)20/h12-15,21H,5-11H2,1-4H3,(H2,18,19,22)/t13-,14-,15+/m1/s1. The van der Waals surface area contributed by atoms with Crippen molar-refractivity contribution in [3.8, 4) is 0 Å². The van der Waals surface area contributed by atoms with Gasteiger partial charge < -0.3 is 15.7 Å². The molecule has 2 aliphatic rings. The van der Waals surface area contributed by atoms with Gasteiger partial charge in [0, 0.05) is 30.6 Å². The van der Waals surface area contributed by atoms with E-state index in [1.807, 2.05) is 27.7 Å². The van der Waals surface area contributed by atoms with Crippen LogP contribution in [0.4, 0.5) is 4.79 Å². The summed E-state index contributed by atoms with van der Waals surface area (Å²) in [5.41, 5.74) is -0.321. The number of nitrogens with one attached hydrogen (secondary N) is 2. The zero-order valence-corrected chi connectivity index (χ0v) is 14.6. The molecule has 128 valence electrons. The summed E-state index contributed by atoms with van der Waals surface area (Å²) < 4.78 is 0. The fraction of sp³-hybridized carbons (Fsp3) is 0.941. The minimum Gasteiger partial charge on any atom is -0.392 e. The molecule has 2 saturated heterocycles. The maximum Gasteiger partial charge on any atom is 0.315 e. The van der Waals surface area contributed by atoms with Gasteiger partial charge in [0.1, 0.15) is 0 Å². The molecule has 5 nitrogen and oxygen atoms in total. The first kappa shape index (κ1) is 17.5. The first-order valence-electron chi connectivity index (χ1n) is 8.78. The second kappa shape index (κ2) is 7.18.